The molecule has 132 valence electrons. The Kier molecular flexibility index (Phi) is 6.33. The fourth-order valence-corrected chi connectivity index (χ4v) is 3.60. The van der Waals surface area contributed by atoms with Crippen molar-refractivity contribution in [2.45, 2.75) is 6.04 Å². The summed E-state index contributed by atoms with van der Waals surface area (Å²) in [7, 11) is 0. The maximum Gasteiger partial charge on any atom is 0.244 e. The van der Waals surface area contributed by atoms with E-state index in [9.17, 15) is 9.18 Å². The van der Waals surface area contributed by atoms with E-state index in [1.165, 1.54) is 17.0 Å². The molecular formula is C19H22FN2O2S+. The molecule has 1 aromatic heterocycles. The normalized spacial score (nSPS) is 16.8. The van der Waals surface area contributed by atoms with Crippen molar-refractivity contribution in [2.75, 3.05) is 32.8 Å². The molecule has 25 heavy (non-hydrogen) atoms. The Hall–Kier alpha value is -2.02. The first kappa shape index (κ1) is 17.8. The van der Waals surface area contributed by atoms with Crippen molar-refractivity contribution in [3.8, 4) is 0 Å². The number of amides is 1. The summed E-state index contributed by atoms with van der Waals surface area (Å²) in [5, 5.41) is 4.96. The third-order valence-corrected chi connectivity index (χ3v) is 5.16. The first-order chi connectivity index (χ1) is 12.2. The minimum Gasteiger partial charge on any atom is -0.370 e. The van der Waals surface area contributed by atoms with Gasteiger partial charge in [0.1, 0.15) is 24.9 Å². The average Bonchev–Trinajstić information content (AvgIpc) is 3.16. The molecule has 0 bridgehead atoms. The number of morpholine rings is 1. The number of thiophene rings is 1. The Bertz CT molecular complexity index is 695. The van der Waals surface area contributed by atoms with Crippen LogP contribution in [0.3, 0.4) is 0 Å². The molecule has 1 atom stereocenters. The summed E-state index contributed by atoms with van der Waals surface area (Å²) in [4.78, 5) is 14.5. The van der Waals surface area contributed by atoms with E-state index >= 15 is 0 Å². The largest absolute Gasteiger partial charge is 0.370 e. The zero-order chi connectivity index (χ0) is 17.5. The molecule has 1 aliphatic heterocycles. The molecule has 1 saturated heterocycles. The number of halogens is 1. The van der Waals surface area contributed by atoms with Gasteiger partial charge < -0.3 is 15.0 Å². The first-order valence-corrected chi connectivity index (χ1v) is 9.27. The number of nitrogens with one attached hydrogen (secondary N) is 2. The minimum absolute atomic E-state index is 0.0867. The second-order valence-corrected chi connectivity index (χ2v) is 6.95. The van der Waals surface area contributed by atoms with Gasteiger partial charge in [0.2, 0.25) is 5.91 Å². The van der Waals surface area contributed by atoms with Gasteiger partial charge in [0.05, 0.1) is 19.8 Å². The standard InChI is InChI=1S/C19H21FN2O2S/c20-16-5-3-15(4-6-16)18(22-9-11-24-12-10-22)14-21-19(23)8-7-17-2-1-13-25-17/h1-8,13,18H,9-12,14H2,(H,21,23)/p+1/b8-7+/t18-/m1/s1. The van der Waals surface area contributed by atoms with Gasteiger partial charge in [-0.05, 0) is 29.7 Å². The molecule has 2 heterocycles. The highest BCUT2D eigenvalue weighted by Gasteiger charge is 2.26. The molecule has 2 aromatic rings. The predicted molar refractivity (Wildman–Crippen MR) is 97.0 cm³/mol. The van der Waals surface area contributed by atoms with E-state index in [0.717, 1.165) is 23.5 Å². The lowest BCUT2D eigenvalue weighted by atomic mass is 10.0. The van der Waals surface area contributed by atoms with Gasteiger partial charge in [0.15, 0.2) is 0 Å². The molecule has 6 heteroatoms. The third kappa shape index (κ3) is 5.22. The van der Waals surface area contributed by atoms with Crippen molar-refractivity contribution in [1.82, 2.24) is 5.32 Å². The van der Waals surface area contributed by atoms with Crippen LogP contribution in [-0.4, -0.2) is 38.8 Å². The highest BCUT2D eigenvalue weighted by molar-refractivity contribution is 7.10. The summed E-state index contributed by atoms with van der Waals surface area (Å²) < 4.78 is 18.7. The first-order valence-electron chi connectivity index (χ1n) is 8.39. The lowest BCUT2D eigenvalue weighted by Gasteiger charge is -2.31. The summed E-state index contributed by atoms with van der Waals surface area (Å²) in [6.45, 7) is 3.68. The van der Waals surface area contributed by atoms with E-state index in [0.29, 0.717) is 19.8 Å². The van der Waals surface area contributed by atoms with Crippen LogP contribution in [-0.2, 0) is 9.53 Å². The fourth-order valence-electron chi connectivity index (χ4n) is 2.98. The number of benzene rings is 1. The Morgan fingerprint density at radius 3 is 2.72 bits per heavy atom. The average molecular weight is 361 g/mol. The molecule has 0 saturated carbocycles. The topological polar surface area (TPSA) is 42.8 Å². The summed E-state index contributed by atoms with van der Waals surface area (Å²) in [5.41, 5.74) is 1.03. The van der Waals surface area contributed by atoms with E-state index in [1.807, 2.05) is 23.6 Å². The molecule has 0 spiro atoms. The lowest BCUT2D eigenvalue weighted by Crippen LogP contribution is -3.15. The van der Waals surface area contributed by atoms with E-state index in [4.69, 9.17) is 4.74 Å². The Labute approximate surface area is 150 Å². The second kappa shape index (κ2) is 8.89. The summed E-state index contributed by atoms with van der Waals surface area (Å²) in [6.07, 6.45) is 3.37. The number of hydrogen-bond donors (Lipinski definition) is 2. The molecule has 0 aliphatic carbocycles. The zero-order valence-electron chi connectivity index (χ0n) is 13.9. The van der Waals surface area contributed by atoms with Crippen molar-refractivity contribution in [2.24, 2.45) is 0 Å². The number of quaternary nitrogens is 1. The van der Waals surface area contributed by atoms with Crippen LogP contribution in [0.2, 0.25) is 0 Å². The summed E-state index contributed by atoms with van der Waals surface area (Å²) in [6, 6.07) is 10.6. The highest BCUT2D eigenvalue weighted by atomic mass is 32.1. The van der Waals surface area contributed by atoms with Crippen LogP contribution in [0.5, 0.6) is 0 Å². The van der Waals surface area contributed by atoms with E-state index in [2.05, 4.69) is 5.32 Å². The number of hydrogen-bond acceptors (Lipinski definition) is 3. The molecule has 2 N–H and O–H groups in total. The summed E-state index contributed by atoms with van der Waals surface area (Å²) >= 11 is 1.59. The van der Waals surface area contributed by atoms with Gasteiger partial charge in [-0.2, -0.15) is 0 Å². The number of carbonyl (C=O) groups excluding carboxylic acids is 1. The maximum absolute atomic E-state index is 13.2. The fraction of sp³-hybridized carbons (Fsp3) is 0.316. The number of ether oxygens (including phenoxy) is 1. The second-order valence-electron chi connectivity index (χ2n) is 5.97. The van der Waals surface area contributed by atoms with Crippen LogP contribution >= 0.6 is 11.3 Å². The highest BCUT2D eigenvalue weighted by Crippen LogP contribution is 2.12. The molecular weight excluding hydrogens is 339 g/mol. The molecule has 0 radical (unpaired) electrons. The van der Waals surface area contributed by atoms with Crippen LogP contribution in [0.1, 0.15) is 16.5 Å². The molecule has 1 aromatic carbocycles. The monoisotopic (exact) mass is 361 g/mol. The zero-order valence-corrected chi connectivity index (χ0v) is 14.7. The molecule has 4 nitrogen and oxygen atoms in total. The summed E-state index contributed by atoms with van der Waals surface area (Å²) in [5.74, 6) is -0.365. The Balaban J connectivity index is 1.64. The van der Waals surface area contributed by atoms with Gasteiger partial charge in [0, 0.05) is 16.5 Å². The lowest BCUT2D eigenvalue weighted by molar-refractivity contribution is -0.937. The van der Waals surface area contributed by atoms with Gasteiger partial charge in [-0.15, -0.1) is 11.3 Å². The van der Waals surface area contributed by atoms with Crippen molar-refractivity contribution >= 4 is 23.3 Å². The van der Waals surface area contributed by atoms with Crippen LogP contribution in [0.25, 0.3) is 6.08 Å². The van der Waals surface area contributed by atoms with Crippen molar-refractivity contribution in [3.05, 3.63) is 64.1 Å². The van der Waals surface area contributed by atoms with E-state index < -0.39 is 0 Å². The smallest absolute Gasteiger partial charge is 0.244 e. The van der Waals surface area contributed by atoms with E-state index in [1.54, 1.807) is 29.5 Å². The van der Waals surface area contributed by atoms with E-state index in [-0.39, 0.29) is 17.8 Å². The molecule has 1 aliphatic rings. The van der Waals surface area contributed by atoms with Crippen molar-refractivity contribution < 1.29 is 18.8 Å². The van der Waals surface area contributed by atoms with Crippen molar-refractivity contribution in [3.63, 3.8) is 0 Å². The predicted octanol–water partition coefficient (Wildman–Crippen LogP) is 1.67. The SMILES string of the molecule is O=C(/C=C/c1cccs1)NC[C@H](c1ccc(F)cc1)[NH+]1CCOCC1. The van der Waals surface area contributed by atoms with Crippen LogP contribution in [0.4, 0.5) is 4.39 Å². The Morgan fingerprint density at radius 1 is 1.28 bits per heavy atom. The molecule has 0 unspecified atom stereocenters. The van der Waals surface area contributed by atoms with Gasteiger partial charge in [-0.3, -0.25) is 4.79 Å². The van der Waals surface area contributed by atoms with Gasteiger partial charge in [0.25, 0.3) is 0 Å². The van der Waals surface area contributed by atoms with Gasteiger partial charge >= 0.3 is 0 Å². The number of carbonyl (C=O) groups is 1. The van der Waals surface area contributed by atoms with Gasteiger partial charge in [-0.1, -0.05) is 18.2 Å². The quantitative estimate of drug-likeness (QED) is 0.769. The molecule has 1 fully saturated rings. The maximum atomic E-state index is 13.2. The van der Waals surface area contributed by atoms with Gasteiger partial charge in [-0.25, -0.2) is 4.39 Å². The van der Waals surface area contributed by atoms with Crippen LogP contribution < -0.4 is 10.2 Å². The minimum atomic E-state index is -0.248. The van der Waals surface area contributed by atoms with Crippen molar-refractivity contribution in [1.29, 1.82) is 0 Å². The van der Waals surface area contributed by atoms with Crippen LogP contribution in [0.15, 0.2) is 47.9 Å². The van der Waals surface area contributed by atoms with Crippen LogP contribution in [0, 0.1) is 5.82 Å². The number of rotatable bonds is 6. The third-order valence-electron chi connectivity index (χ3n) is 4.32. The Morgan fingerprint density at radius 2 is 2.04 bits per heavy atom. The molecule has 3 rings (SSSR count). The molecule has 1 amide bonds.